The first-order chi connectivity index (χ1) is 6.93. The zero-order valence-corrected chi connectivity index (χ0v) is 7.18. The van der Waals surface area contributed by atoms with Crippen molar-refractivity contribution in [2.24, 2.45) is 0 Å². The lowest BCUT2D eigenvalue weighted by Crippen LogP contribution is -1.74. The van der Waals surface area contributed by atoms with Gasteiger partial charge in [0, 0.05) is 0 Å². The molecule has 68 valence electrons. The molecular formula is C10H6N2O2. The van der Waals surface area contributed by atoms with Gasteiger partial charge in [0.15, 0.2) is 17.7 Å². The molecule has 0 aliphatic heterocycles. The fraction of sp³-hybridized carbons (Fsp3) is 0. The van der Waals surface area contributed by atoms with E-state index in [4.69, 9.17) is 8.83 Å². The van der Waals surface area contributed by atoms with Crippen LogP contribution in [-0.2, 0) is 0 Å². The molecule has 4 nitrogen and oxygen atoms in total. The molecule has 0 saturated heterocycles. The standard InChI is InChI=1S/C10H6N2O2/c1-2-4-9-7(3-1)12-10(14-9)8-5-13-6-11-8/h1-6H. The minimum absolute atomic E-state index is 0.486. The molecule has 0 unspecified atom stereocenters. The zero-order valence-electron chi connectivity index (χ0n) is 7.18. The zero-order chi connectivity index (χ0) is 9.38. The Bertz CT molecular complexity index is 521. The molecule has 0 amide bonds. The second-order valence-electron chi connectivity index (χ2n) is 2.86. The minimum atomic E-state index is 0.486. The average molecular weight is 186 g/mol. The molecule has 0 bridgehead atoms. The maximum atomic E-state index is 5.48. The first-order valence-corrected chi connectivity index (χ1v) is 4.17. The summed E-state index contributed by atoms with van der Waals surface area (Å²) in [6, 6.07) is 7.58. The van der Waals surface area contributed by atoms with Gasteiger partial charge in [-0.1, -0.05) is 12.1 Å². The summed E-state index contributed by atoms with van der Waals surface area (Å²) in [6.45, 7) is 0. The number of oxazole rings is 2. The molecule has 0 saturated carbocycles. The summed E-state index contributed by atoms with van der Waals surface area (Å²) < 4.78 is 10.3. The van der Waals surface area contributed by atoms with Crippen molar-refractivity contribution in [3.63, 3.8) is 0 Å². The molecule has 3 rings (SSSR count). The van der Waals surface area contributed by atoms with Crippen LogP contribution in [0.5, 0.6) is 0 Å². The van der Waals surface area contributed by atoms with Crippen LogP contribution in [0, 0.1) is 0 Å². The second-order valence-corrected chi connectivity index (χ2v) is 2.86. The van der Waals surface area contributed by atoms with E-state index in [0.717, 1.165) is 11.1 Å². The Balaban J connectivity index is 2.24. The largest absolute Gasteiger partial charge is 0.451 e. The van der Waals surface area contributed by atoms with Crippen molar-refractivity contribution in [2.75, 3.05) is 0 Å². The van der Waals surface area contributed by atoms with Crippen LogP contribution in [0.25, 0.3) is 22.7 Å². The lowest BCUT2D eigenvalue weighted by Gasteiger charge is -1.82. The number of hydrogen-bond donors (Lipinski definition) is 0. The minimum Gasteiger partial charge on any atom is -0.451 e. The first kappa shape index (κ1) is 7.32. The molecule has 2 aromatic heterocycles. The number of nitrogens with zero attached hydrogens (tertiary/aromatic N) is 2. The number of benzene rings is 1. The molecule has 0 atom stereocenters. The van der Waals surface area contributed by atoms with E-state index < -0.39 is 0 Å². The Labute approximate surface area is 79.2 Å². The van der Waals surface area contributed by atoms with Crippen molar-refractivity contribution in [1.29, 1.82) is 0 Å². The second kappa shape index (κ2) is 2.70. The van der Waals surface area contributed by atoms with Crippen LogP contribution >= 0.6 is 0 Å². The monoisotopic (exact) mass is 186 g/mol. The molecule has 0 spiro atoms. The third kappa shape index (κ3) is 1.01. The maximum absolute atomic E-state index is 5.48. The Morgan fingerprint density at radius 3 is 2.86 bits per heavy atom. The van der Waals surface area contributed by atoms with Crippen molar-refractivity contribution in [2.45, 2.75) is 0 Å². The van der Waals surface area contributed by atoms with Crippen molar-refractivity contribution in [1.82, 2.24) is 9.97 Å². The van der Waals surface area contributed by atoms with Crippen LogP contribution in [0.15, 0.2) is 45.8 Å². The Kier molecular flexibility index (Phi) is 1.41. The van der Waals surface area contributed by atoms with Gasteiger partial charge in [-0.15, -0.1) is 0 Å². The van der Waals surface area contributed by atoms with Crippen molar-refractivity contribution >= 4 is 11.1 Å². The molecular weight excluding hydrogens is 180 g/mol. The van der Waals surface area contributed by atoms with Gasteiger partial charge in [0.25, 0.3) is 0 Å². The molecule has 0 radical (unpaired) electrons. The summed E-state index contributed by atoms with van der Waals surface area (Å²) in [5.41, 5.74) is 2.19. The molecule has 0 N–H and O–H groups in total. The van der Waals surface area contributed by atoms with Crippen LogP contribution in [0.1, 0.15) is 0 Å². The molecule has 0 aliphatic carbocycles. The normalized spacial score (nSPS) is 10.9. The maximum Gasteiger partial charge on any atom is 0.249 e. The lowest BCUT2D eigenvalue weighted by molar-refractivity contribution is 0.556. The van der Waals surface area contributed by atoms with Gasteiger partial charge in [0.2, 0.25) is 5.89 Å². The van der Waals surface area contributed by atoms with Crippen LogP contribution in [-0.4, -0.2) is 9.97 Å². The number of hydrogen-bond acceptors (Lipinski definition) is 4. The third-order valence-corrected chi connectivity index (χ3v) is 1.95. The molecule has 4 heteroatoms. The van der Waals surface area contributed by atoms with Crippen LogP contribution < -0.4 is 0 Å². The lowest BCUT2D eigenvalue weighted by atomic mass is 10.3. The van der Waals surface area contributed by atoms with Gasteiger partial charge in [-0.3, -0.25) is 0 Å². The first-order valence-electron chi connectivity index (χ1n) is 4.17. The summed E-state index contributed by atoms with van der Waals surface area (Å²) in [6.07, 6.45) is 2.86. The molecule has 1 aromatic carbocycles. The fourth-order valence-corrected chi connectivity index (χ4v) is 1.30. The van der Waals surface area contributed by atoms with Gasteiger partial charge in [0.1, 0.15) is 11.8 Å². The molecule has 0 fully saturated rings. The third-order valence-electron chi connectivity index (χ3n) is 1.95. The highest BCUT2D eigenvalue weighted by atomic mass is 16.4. The summed E-state index contributed by atoms with van der Waals surface area (Å²) in [7, 11) is 0. The number of aromatic nitrogens is 2. The number of rotatable bonds is 1. The quantitative estimate of drug-likeness (QED) is 0.585. The fourth-order valence-electron chi connectivity index (χ4n) is 1.30. The summed E-state index contributed by atoms with van der Waals surface area (Å²) in [5, 5.41) is 0. The molecule has 0 aliphatic rings. The summed E-state index contributed by atoms with van der Waals surface area (Å²) in [5.74, 6) is 0.486. The Morgan fingerprint density at radius 1 is 1.14 bits per heavy atom. The Morgan fingerprint density at radius 2 is 2.07 bits per heavy atom. The smallest absolute Gasteiger partial charge is 0.249 e. The van der Waals surface area contributed by atoms with Gasteiger partial charge in [-0.05, 0) is 12.1 Å². The predicted octanol–water partition coefficient (Wildman–Crippen LogP) is 2.48. The van der Waals surface area contributed by atoms with Gasteiger partial charge in [0.05, 0.1) is 0 Å². The highest BCUT2D eigenvalue weighted by Crippen LogP contribution is 2.22. The van der Waals surface area contributed by atoms with Gasteiger partial charge in [-0.2, -0.15) is 0 Å². The molecule has 14 heavy (non-hydrogen) atoms. The highest BCUT2D eigenvalue weighted by Gasteiger charge is 2.09. The van der Waals surface area contributed by atoms with E-state index in [1.54, 1.807) is 0 Å². The van der Waals surface area contributed by atoms with E-state index in [1.165, 1.54) is 12.7 Å². The number of fused-ring (bicyclic) bond motifs is 1. The van der Waals surface area contributed by atoms with E-state index in [0.29, 0.717) is 11.6 Å². The number of para-hydroxylation sites is 2. The van der Waals surface area contributed by atoms with Gasteiger partial charge >= 0.3 is 0 Å². The predicted molar refractivity (Wildman–Crippen MR) is 49.5 cm³/mol. The van der Waals surface area contributed by atoms with Gasteiger partial charge in [-0.25, -0.2) is 9.97 Å². The SMILES string of the molecule is c1ccc2oc(-c3cocn3)nc2c1. The van der Waals surface area contributed by atoms with Gasteiger partial charge < -0.3 is 8.83 Å². The molecule has 3 aromatic rings. The Hall–Kier alpha value is -2.10. The van der Waals surface area contributed by atoms with E-state index in [-0.39, 0.29) is 0 Å². The topological polar surface area (TPSA) is 52.1 Å². The van der Waals surface area contributed by atoms with Crippen LogP contribution in [0.2, 0.25) is 0 Å². The highest BCUT2D eigenvalue weighted by molar-refractivity contribution is 5.75. The van der Waals surface area contributed by atoms with E-state index in [1.807, 2.05) is 24.3 Å². The van der Waals surface area contributed by atoms with E-state index in [9.17, 15) is 0 Å². The van der Waals surface area contributed by atoms with Crippen molar-refractivity contribution in [3.05, 3.63) is 36.9 Å². The molecule has 2 heterocycles. The summed E-state index contributed by atoms with van der Waals surface area (Å²) in [4.78, 5) is 8.22. The van der Waals surface area contributed by atoms with E-state index in [2.05, 4.69) is 9.97 Å². The average Bonchev–Trinajstić information content (AvgIpc) is 2.86. The van der Waals surface area contributed by atoms with Crippen LogP contribution in [0.3, 0.4) is 0 Å². The van der Waals surface area contributed by atoms with E-state index >= 15 is 0 Å². The van der Waals surface area contributed by atoms with Crippen molar-refractivity contribution < 1.29 is 8.83 Å². The van der Waals surface area contributed by atoms with Crippen molar-refractivity contribution in [3.8, 4) is 11.6 Å². The summed E-state index contributed by atoms with van der Waals surface area (Å²) >= 11 is 0. The van der Waals surface area contributed by atoms with Crippen LogP contribution in [0.4, 0.5) is 0 Å².